The molecule has 1 aliphatic heterocycles. The normalized spacial score (nSPS) is 17.3. The van der Waals surface area contributed by atoms with E-state index in [0.717, 1.165) is 0 Å². The Labute approximate surface area is 202 Å². The number of unbranched alkanes of at least 4 members (excludes halogenated alkanes) is 3. The number of pyridine rings is 1. The van der Waals surface area contributed by atoms with Crippen LogP contribution in [0.1, 0.15) is 108 Å². The molecule has 2 aliphatic rings. The lowest BCUT2D eigenvalue weighted by atomic mass is 9.86. The van der Waals surface area contributed by atoms with Crippen molar-refractivity contribution < 1.29 is 4.57 Å². The van der Waals surface area contributed by atoms with E-state index in [2.05, 4.69) is 80.9 Å². The van der Waals surface area contributed by atoms with Crippen molar-refractivity contribution in [3.05, 3.63) is 70.9 Å². The van der Waals surface area contributed by atoms with Gasteiger partial charge in [0.2, 0.25) is 5.69 Å². The van der Waals surface area contributed by atoms with E-state index in [4.69, 9.17) is 0 Å². The maximum absolute atomic E-state index is 2.62. The van der Waals surface area contributed by atoms with E-state index < -0.39 is 0 Å². The SMILES string of the molecule is CCCCCCC1=CC=C(c2ccc3c(c2)-c2cc(C)cc[n+]2C(CC)(CC)CC3)CCC1. The Morgan fingerprint density at radius 2 is 1.73 bits per heavy atom. The lowest BCUT2D eigenvalue weighted by molar-refractivity contribution is -0.757. The second kappa shape index (κ2) is 10.9. The molecule has 0 saturated heterocycles. The molecule has 2 heterocycles. The Hall–Kier alpha value is -2.15. The van der Waals surface area contributed by atoms with Crippen LogP contribution in [0.3, 0.4) is 0 Å². The van der Waals surface area contributed by atoms with E-state index in [1.807, 2.05) is 0 Å². The Bertz CT molecular complexity index is 1020. The fraction of sp³-hybridized carbons (Fsp3) is 0.531. The van der Waals surface area contributed by atoms with Gasteiger partial charge in [-0.25, -0.2) is 0 Å². The number of aromatic nitrogens is 1. The van der Waals surface area contributed by atoms with Crippen molar-refractivity contribution in [1.82, 2.24) is 0 Å². The molecule has 0 fully saturated rings. The summed E-state index contributed by atoms with van der Waals surface area (Å²) in [7, 11) is 0. The molecule has 1 nitrogen and oxygen atoms in total. The summed E-state index contributed by atoms with van der Waals surface area (Å²) in [5, 5.41) is 0. The Morgan fingerprint density at radius 1 is 0.879 bits per heavy atom. The highest BCUT2D eigenvalue weighted by Crippen LogP contribution is 2.37. The van der Waals surface area contributed by atoms with E-state index in [0.29, 0.717) is 0 Å². The standard InChI is InChI=1S/C32H44N/c1-5-8-9-10-12-26-13-11-14-27(16-15-26)29-18-17-28-19-21-32(6-2,7-3)33-22-20-25(4)23-31(33)30(28)24-29/h15-18,20,22-24H,5-14,19,21H2,1-4H3/q+1. The number of fused-ring (bicyclic) bond motifs is 3. The molecule has 0 bridgehead atoms. The summed E-state index contributed by atoms with van der Waals surface area (Å²) < 4.78 is 2.62. The number of hydrogen-bond acceptors (Lipinski definition) is 0. The molecule has 0 N–H and O–H groups in total. The monoisotopic (exact) mass is 442 g/mol. The van der Waals surface area contributed by atoms with E-state index in [9.17, 15) is 0 Å². The molecule has 0 atom stereocenters. The van der Waals surface area contributed by atoms with Gasteiger partial charge < -0.3 is 0 Å². The summed E-state index contributed by atoms with van der Waals surface area (Å²) >= 11 is 0. The molecule has 1 aromatic heterocycles. The first-order valence-corrected chi connectivity index (χ1v) is 13.6. The van der Waals surface area contributed by atoms with Crippen LogP contribution in [0.4, 0.5) is 0 Å². The molecular formula is C32H44N+. The van der Waals surface area contributed by atoms with Crippen molar-refractivity contribution in [1.29, 1.82) is 0 Å². The fourth-order valence-electron chi connectivity index (χ4n) is 6.01. The molecule has 0 radical (unpaired) electrons. The van der Waals surface area contributed by atoms with Crippen LogP contribution in [0.15, 0.2) is 54.3 Å². The number of benzene rings is 1. The Balaban J connectivity index is 1.68. The average Bonchev–Trinajstić information content (AvgIpc) is 3.15. The zero-order valence-corrected chi connectivity index (χ0v) is 21.6. The quantitative estimate of drug-likeness (QED) is 0.284. The first kappa shape index (κ1) is 24.0. The second-order valence-electron chi connectivity index (χ2n) is 10.4. The molecule has 176 valence electrons. The predicted molar refractivity (Wildman–Crippen MR) is 142 cm³/mol. The van der Waals surface area contributed by atoms with Crippen molar-refractivity contribution in [2.45, 2.75) is 110 Å². The Morgan fingerprint density at radius 3 is 2.52 bits per heavy atom. The highest BCUT2D eigenvalue weighted by molar-refractivity contribution is 5.74. The molecule has 1 heteroatoms. The zero-order chi connectivity index (χ0) is 23.3. The van der Waals surface area contributed by atoms with Crippen molar-refractivity contribution in [3.63, 3.8) is 0 Å². The second-order valence-corrected chi connectivity index (χ2v) is 10.4. The van der Waals surface area contributed by atoms with Gasteiger partial charge in [-0.2, -0.15) is 4.57 Å². The van der Waals surface area contributed by atoms with Crippen molar-refractivity contribution in [3.8, 4) is 11.3 Å². The van der Waals surface area contributed by atoms with Crippen LogP contribution >= 0.6 is 0 Å². The number of allylic oxidation sites excluding steroid dienone is 4. The van der Waals surface area contributed by atoms with Gasteiger partial charge in [-0.05, 0) is 73.8 Å². The van der Waals surface area contributed by atoms with Gasteiger partial charge in [0.1, 0.15) is 0 Å². The summed E-state index contributed by atoms with van der Waals surface area (Å²) in [6.45, 7) is 9.26. The zero-order valence-electron chi connectivity index (χ0n) is 21.6. The molecule has 1 aliphatic carbocycles. The third-order valence-corrected chi connectivity index (χ3v) is 8.37. The number of nitrogens with zero attached hydrogens (tertiary/aromatic N) is 1. The van der Waals surface area contributed by atoms with Gasteiger partial charge in [-0.3, -0.25) is 0 Å². The van der Waals surface area contributed by atoms with Crippen LogP contribution in [-0.4, -0.2) is 0 Å². The largest absolute Gasteiger partial charge is 0.213 e. The van der Waals surface area contributed by atoms with Gasteiger partial charge in [0.25, 0.3) is 0 Å². The summed E-state index contributed by atoms with van der Waals surface area (Å²) in [5.74, 6) is 0. The summed E-state index contributed by atoms with van der Waals surface area (Å²) in [6.07, 6.45) is 22.4. The topological polar surface area (TPSA) is 3.88 Å². The van der Waals surface area contributed by atoms with Crippen LogP contribution in [0, 0.1) is 6.92 Å². The maximum Gasteiger partial charge on any atom is 0.213 e. The third-order valence-electron chi connectivity index (χ3n) is 8.37. The van der Waals surface area contributed by atoms with Crippen molar-refractivity contribution in [2.75, 3.05) is 0 Å². The number of hydrogen-bond donors (Lipinski definition) is 0. The molecule has 2 aromatic rings. The van der Waals surface area contributed by atoms with Gasteiger partial charge in [-0.1, -0.05) is 69.9 Å². The minimum Gasteiger partial charge on any atom is -0.193 e. The predicted octanol–water partition coefficient (Wildman–Crippen LogP) is 8.88. The maximum atomic E-state index is 2.62. The smallest absolute Gasteiger partial charge is 0.193 e. The van der Waals surface area contributed by atoms with Crippen LogP contribution in [0.5, 0.6) is 0 Å². The molecule has 1 aromatic carbocycles. The van der Waals surface area contributed by atoms with Crippen LogP contribution in [0.25, 0.3) is 16.8 Å². The van der Waals surface area contributed by atoms with E-state index in [1.165, 1.54) is 111 Å². The summed E-state index contributed by atoms with van der Waals surface area (Å²) in [5.41, 5.74) is 10.5. The fourth-order valence-corrected chi connectivity index (χ4v) is 6.01. The van der Waals surface area contributed by atoms with Crippen LogP contribution in [-0.2, 0) is 12.0 Å². The van der Waals surface area contributed by atoms with Crippen molar-refractivity contribution in [2.24, 2.45) is 0 Å². The number of rotatable bonds is 8. The van der Waals surface area contributed by atoms with Gasteiger partial charge >= 0.3 is 0 Å². The molecule has 4 rings (SSSR count). The highest BCUT2D eigenvalue weighted by Gasteiger charge is 2.41. The first-order valence-electron chi connectivity index (χ1n) is 13.6. The van der Waals surface area contributed by atoms with Gasteiger partial charge in [0.05, 0.1) is 0 Å². The lowest BCUT2D eigenvalue weighted by Gasteiger charge is -2.26. The van der Waals surface area contributed by atoms with Gasteiger partial charge in [0.15, 0.2) is 11.7 Å². The van der Waals surface area contributed by atoms with Crippen molar-refractivity contribution >= 4 is 5.57 Å². The lowest BCUT2D eigenvalue weighted by Crippen LogP contribution is -2.56. The summed E-state index contributed by atoms with van der Waals surface area (Å²) in [4.78, 5) is 0. The number of aryl methyl sites for hydroxylation is 2. The Kier molecular flexibility index (Phi) is 7.89. The molecular weight excluding hydrogens is 398 g/mol. The minimum absolute atomic E-state index is 0.221. The van der Waals surface area contributed by atoms with E-state index in [-0.39, 0.29) is 5.54 Å². The minimum atomic E-state index is 0.221. The first-order chi connectivity index (χ1) is 16.1. The van der Waals surface area contributed by atoms with Gasteiger partial charge in [0, 0.05) is 37.0 Å². The molecule has 0 amide bonds. The molecule has 0 spiro atoms. The van der Waals surface area contributed by atoms with E-state index >= 15 is 0 Å². The highest BCUT2D eigenvalue weighted by atomic mass is 15.1. The molecule has 0 unspecified atom stereocenters. The van der Waals surface area contributed by atoms with Gasteiger partial charge in [-0.15, -0.1) is 0 Å². The third kappa shape index (κ3) is 5.18. The summed E-state index contributed by atoms with van der Waals surface area (Å²) in [6, 6.07) is 12.0. The van der Waals surface area contributed by atoms with E-state index in [1.54, 1.807) is 5.57 Å². The molecule has 0 saturated carbocycles. The molecule has 33 heavy (non-hydrogen) atoms. The average molecular weight is 443 g/mol. The van der Waals surface area contributed by atoms with Crippen LogP contribution in [0.2, 0.25) is 0 Å². The van der Waals surface area contributed by atoms with Crippen LogP contribution < -0.4 is 4.57 Å².